The Bertz CT molecular complexity index is 596. The van der Waals surface area contributed by atoms with Crippen molar-refractivity contribution in [2.24, 2.45) is 12.8 Å². The second kappa shape index (κ2) is 6.12. The number of aromatic nitrogens is 3. The minimum atomic E-state index is 0.395. The third-order valence-electron chi connectivity index (χ3n) is 2.72. The molecule has 0 bridgehead atoms. The first-order chi connectivity index (χ1) is 9.08. The number of nitrogens with two attached hydrogens (primary N) is 1. The molecule has 0 radical (unpaired) electrons. The molecule has 0 saturated heterocycles. The van der Waals surface area contributed by atoms with E-state index in [0.29, 0.717) is 4.99 Å². The number of hydrogen-bond acceptors (Lipinski definition) is 4. The summed E-state index contributed by atoms with van der Waals surface area (Å²) in [6.07, 6.45) is 2.50. The Kier molecular flexibility index (Phi) is 4.49. The molecule has 1 aromatic heterocycles. The molecule has 7 heteroatoms. The maximum Gasteiger partial charge on any atom is 0.134 e. The lowest BCUT2D eigenvalue weighted by Crippen LogP contribution is -2.11. The summed E-state index contributed by atoms with van der Waals surface area (Å²) in [5, 5.41) is 11.2. The van der Waals surface area contributed by atoms with Crippen molar-refractivity contribution in [3.8, 4) is 0 Å². The van der Waals surface area contributed by atoms with Gasteiger partial charge >= 0.3 is 0 Å². The molecule has 0 atom stereocenters. The molecule has 2 aromatic rings. The number of hydrogen-bond donors (Lipinski definition) is 2. The van der Waals surface area contributed by atoms with Crippen LogP contribution in [0.2, 0.25) is 0 Å². The van der Waals surface area contributed by atoms with Gasteiger partial charge in [-0.15, -0.1) is 10.2 Å². The molecule has 0 unspecified atom stereocenters. The van der Waals surface area contributed by atoms with E-state index in [0.717, 1.165) is 34.5 Å². The highest BCUT2D eigenvalue weighted by Crippen LogP contribution is 2.23. The molecule has 3 N–H and O–H groups in total. The second-order valence-corrected chi connectivity index (χ2v) is 5.39. The van der Waals surface area contributed by atoms with E-state index in [1.165, 1.54) is 0 Å². The van der Waals surface area contributed by atoms with E-state index in [1.807, 2.05) is 29.8 Å². The van der Waals surface area contributed by atoms with Crippen molar-refractivity contribution in [3.05, 3.63) is 40.4 Å². The van der Waals surface area contributed by atoms with Gasteiger partial charge in [0.05, 0.1) is 0 Å². The van der Waals surface area contributed by atoms with Gasteiger partial charge in [-0.2, -0.15) is 0 Å². The zero-order valence-electron chi connectivity index (χ0n) is 10.4. The van der Waals surface area contributed by atoms with Crippen molar-refractivity contribution < 1.29 is 0 Å². The summed E-state index contributed by atoms with van der Waals surface area (Å²) < 4.78 is 2.85. The Morgan fingerprint density at radius 1 is 1.53 bits per heavy atom. The number of anilines is 1. The van der Waals surface area contributed by atoms with Crippen LogP contribution in [0.5, 0.6) is 0 Å². The number of rotatable bonds is 5. The van der Waals surface area contributed by atoms with Crippen molar-refractivity contribution in [3.63, 3.8) is 0 Å². The van der Waals surface area contributed by atoms with Crippen LogP contribution in [0.1, 0.15) is 11.4 Å². The number of thiocarbonyl (C=S) groups is 1. The standard InChI is InChI=1S/C12H14BrN5S/c1-18-7-16-17-11(18)4-5-15-10-3-2-8(12(14)19)6-9(10)13/h2-3,6-7,15H,4-5H2,1H3,(H2,14,19). The Morgan fingerprint density at radius 3 is 2.89 bits per heavy atom. The zero-order valence-corrected chi connectivity index (χ0v) is 12.8. The average Bonchev–Trinajstić information content (AvgIpc) is 2.77. The van der Waals surface area contributed by atoms with Crippen molar-refractivity contribution in [2.45, 2.75) is 6.42 Å². The molecule has 19 heavy (non-hydrogen) atoms. The first-order valence-corrected chi connectivity index (χ1v) is 6.94. The van der Waals surface area contributed by atoms with Gasteiger partial charge in [0.1, 0.15) is 17.1 Å². The van der Waals surface area contributed by atoms with Gasteiger partial charge in [0.2, 0.25) is 0 Å². The van der Waals surface area contributed by atoms with Crippen LogP contribution in [0.15, 0.2) is 29.0 Å². The summed E-state index contributed by atoms with van der Waals surface area (Å²) >= 11 is 8.44. The maximum atomic E-state index is 5.59. The van der Waals surface area contributed by atoms with Crippen LogP contribution in [0.4, 0.5) is 5.69 Å². The quantitative estimate of drug-likeness (QED) is 0.814. The van der Waals surface area contributed by atoms with E-state index >= 15 is 0 Å². The molecule has 0 aliphatic heterocycles. The predicted molar refractivity (Wildman–Crippen MR) is 83.2 cm³/mol. The number of halogens is 1. The van der Waals surface area contributed by atoms with E-state index in [2.05, 4.69) is 31.4 Å². The van der Waals surface area contributed by atoms with Crippen molar-refractivity contribution in [1.29, 1.82) is 0 Å². The Labute approximate surface area is 125 Å². The summed E-state index contributed by atoms with van der Waals surface area (Å²) in [5.74, 6) is 0.948. The predicted octanol–water partition coefficient (Wildman–Crippen LogP) is 1.87. The minimum absolute atomic E-state index is 0.395. The lowest BCUT2D eigenvalue weighted by atomic mass is 10.2. The highest BCUT2D eigenvalue weighted by molar-refractivity contribution is 9.10. The lowest BCUT2D eigenvalue weighted by Gasteiger charge is -2.09. The summed E-state index contributed by atoms with van der Waals surface area (Å²) in [5.41, 5.74) is 7.44. The SMILES string of the molecule is Cn1cnnc1CCNc1ccc(C(N)=S)cc1Br. The first kappa shape index (κ1) is 14.0. The van der Waals surface area contributed by atoms with E-state index in [4.69, 9.17) is 18.0 Å². The lowest BCUT2D eigenvalue weighted by molar-refractivity contribution is 0.788. The van der Waals surface area contributed by atoms with E-state index in [9.17, 15) is 0 Å². The summed E-state index contributed by atoms with van der Waals surface area (Å²) in [4.78, 5) is 0.395. The van der Waals surface area contributed by atoms with Crippen molar-refractivity contribution in [1.82, 2.24) is 14.8 Å². The Hall–Kier alpha value is -1.47. The van der Waals surface area contributed by atoms with Crippen LogP contribution in [-0.2, 0) is 13.5 Å². The van der Waals surface area contributed by atoms with Crippen LogP contribution < -0.4 is 11.1 Å². The molecule has 5 nitrogen and oxygen atoms in total. The smallest absolute Gasteiger partial charge is 0.134 e. The molecule has 0 spiro atoms. The third-order valence-corrected chi connectivity index (χ3v) is 3.61. The van der Waals surface area contributed by atoms with Gasteiger partial charge in [-0.25, -0.2) is 0 Å². The monoisotopic (exact) mass is 339 g/mol. The van der Waals surface area contributed by atoms with Crippen LogP contribution in [0, 0.1) is 0 Å². The molecular formula is C12H14BrN5S. The van der Waals surface area contributed by atoms with Crippen molar-refractivity contribution in [2.75, 3.05) is 11.9 Å². The molecular weight excluding hydrogens is 326 g/mol. The molecule has 0 aliphatic rings. The highest BCUT2D eigenvalue weighted by atomic mass is 79.9. The van der Waals surface area contributed by atoms with Gasteiger partial charge in [-0.1, -0.05) is 12.2 Å². The van der Waals surface area contributed by atoms with E-state index < -0.39 is 0 Å². The van der Waals surface area contributed by atoms with E-state index in [1.54, 1.807) is 6.33 Å². The molecule has 1 aromatic carbocycles. The summed E-state index contributed by atoms with van der Waals surface area (Å²) in [7, 11) is 1.93. The Morgan fingerprint density at radius 2 is 2.32 bits per heavy atom. The zero-order chi connectivity index (χ0) is 13.8. The Balaban J connectivity index is 1.96. The minimum Gasteiger partial charge on any atom is -0.389 e. The fourth-order valence-electron chi connectivity index (χ4n) is 1.65. The number of benzene rings is 1. The van der Waals surface area contributed by atoms with Gasteiger partial charge in [-0.05, 0) is 34.1 Å². The van der Waals surface area contributed by atoms with Crippen LogP contribution >= 0.6 is 28.1 Å². The average molecular weight is 340 g/mol. The molecule has 1 heterocycles. The number of aryl methyl sites for hydroxylation is 1. The van der Waals surface area contributed by atoms with Crippen LogP contribution in [0.25, 0.3) is 0 Å². The molecule has 2 rings (SSSR count). The van der Waals surface area contributed by atoms with Crippen molar-refractivity contribution >= 4 is 38.8 Å². The second-order valence-electron chi connectivity index (χ2n) is 4.09. The summed E-state index contributed by atoms with van der Waals surface area (Å²) in [6.45, 7) is 0.775. The fourth-order valence-corrected chi connectivity index (χ4v) is 2.30. The highest BCUT2D eigenvalue weighted by Gasteiger charge is 2.04. The maximum absolute atomic E-state index is 5.59. The van der Waals surface area contributed by atoms with Gasteiger partial charge < -0.3 is 15.6 Å². The fraction of sp³-hybridized carbons (Fsp3) is 0.250. The largest absolute Gasteiger partial charge is 0.389 e. The van der Waals surface area contributed by atoms with Crippen LogP contribution in [0.3, 0.4) is 0 Å². The van der Waals surface area contributed by atoms with Gasteiger partial charge in [0.25, 0.3) is 0 Å². The topological polar surface area (TPSA) is 68.8 Å². The normalized spacial score (nSPS) is 10.4. The molecule has 0 aliphatic carbocycles. The number of nitrogens with zero attached hydrogens (tertiary/aromatic N) is 3. The molecule has 100 valence electrons. The number of nitrogens with one attached hydrogen (secondary N) is 1. The summed E-state index contributed by atoms with van der Waals surface area (Å²) in [6, 6.07) is 5.76. The van der Waals surface area contributed by atoms with Gasteiger partial charge in [0.15, 0.2) is 0 Å². The van der Waals surface area contributed by atoms with Gasteiger partial charge in [-0.3, -0.25) is 0 Å². The van der Waals surface area contributed by atoms with E-state index in [-0.39, 0.29) is 0 Å². The van der Waals surface area contributed by atoms with Crippen LogP contribution in [-0.4, -0.2) is 26.3 Å². The third kappa shape index (κ3) is 3.51. The molecule has 0 fully saturated rings. The molecule has 0 saturated carbocycles. The first-order valence-electron chi connectivity index (χ1n) is 5.74. The molecule has 0 amide bonds. The van der Waals surface area contributed by atoms with Gasteiger partial charge in [0, 0.05) is 35.7 Å².